The van der Waals surface area contributed by atoms with Crippen molar-refractivity contribution in [1.82, 2.24) is 10.3 Å². The Labute approximate surface area is 172 Å². The van der Waals surface area contributed by atoms with Crippen LogP contribution in [0.15, 0.2) is 35.3 Å². The van der Waals surface area contributed by atoms with E-state index in [0.717, 1.165) is 22.4 Å². The highest BCUT2D eigenvalue weighted by molar-refractivity contribution is 5.82. The standard InChI is InChI=1S/C24H32N2O3/c1-14(2)19-13-26-23(28)18(19)10-15-11-21(29-6)20(24(3,4)5)12-17(15)16-8-7-9-25-22(16)27/h7-9,11-12,14,18-19H,10,13H2,1-6H3,(H,25,27)(H,26,28)/t18-,19?/m1/s1. The minimum atomic E-state index is -0.147. The summed E-state index contributed by atoms with van der Waals surface area (Å²) in [7, 11) is 1.67. The number of H-pyrrole nitrogens is 1. The third-order valence-corrected chi connectivity index (χ3v) is 6.00. The molecule has 0 radical (unpaired) electrons. The average Bonchev–Trinajstić information content (AvgIpc) is 3.02. The molecule has 2 atom stereocenters. The highest BCUT2D eigenvalue weighted by Gasteiger charge is 2.37. The lowest BCUT2D eigenvalue weighted by atomic mass is 9.78. The molecule has 1 aromatic heterocycles. The lowest BCUT2D eigenvalue weighted by molar-refractivity contribution is -0.123. The van der Waals surface area contributed by atoms with Crippen LogP contribution in [0.25, 0.3) is 11.1 Å². The third kappa shape index (κ3) is 4.24. The second-order valence-electron chi connectivity index (χ2n) is 9.34. The summed E-state index contributed by atoms with van der Waals surface area (Å²) in [6.07, 6.45) is 2.22. The number of carbonyl (C=O) groups is 1. The summed E-state index contributed by atoms with van der Waals surface area (Å²) in [6, 6.07) is 7.76. The van der Waals surface area contributed by atoms with Crippen LogP contribution < -0.4 is 15.6 Å². The van der Waals surface area contributed by atoms with Crippen LogP contribution in [-0.4, -0.2) is 24.5 Å². The van der Waals surface area contributed by atoms with Gasteiger partial charge in [-0.1, -0.05) is 34.6 Å². The van der Waals surface area contributed by atoms with Gasteiger partial charge in [0.1, 0.15) is 5.75 Å². The molecule has 0 spiro atoms. The number of aromatic amines is 1. The zero-order valence-electron chi connectivity index (χ0n) is 18.3. The zero-order valence-corrected chi connectivity index (χ0v) is 18.3. The second-order valence-corrected chi connectivity index (χ2v) is 9.34. The molecule has 1 aliphatic rings. The Morgan fingerprint density at radius 1 is 1.17 bits per heavy atom. The van der Waals surface area contributed by atoms with E-state index in [1.807, 2.05) is 18.2 Å². The van der Waals surface area contributed by atoms with Crippen LogP contribution in [-0.2, 0) is 16.6 Å². The lowest BCUT2D eigenvalue weighted by Gasteiger charge is -2.26. The lowest BCUT2D eigenvalue weighted by Crippen LogP contribution is -2.24. The molecule has 5 heteroatoms. The smallest absolute Gasteiger partial charge is 0.255 e. The number of methoxy groups -OCH3 is 1. The molecule has 1 fully saturated rings. The number of carbonyl (C=O) groups excluding carboxylic acids is 1. The van der Waals surface area contributed by atoms with Crippen LogP contribution in [0.5, 0.6) is 5.75 Å². The van der Waals surface area contributed by atoms with Crippen molar-refractivity contribution in [2.75, 3.05) is 13.7 Å². The van der Waals surface area contributed by atoms with Gasteiger partial charge in [0, 0.05) is 29.8 Å². The predicted molar refractivity (Wildman–Crippen MR) is 116 cm³/mol. The highest BCUT2D eigenvalue weighted by atomic mass is 16.5. The summed E-state index contributed by atoms with van der Waals surface area (Å²) in [5.41, 5.74) is 3.23. The maximum atomic E-state index is 12.6. The first kappa shape index (κ1) is 21.2. The van der Waals surface area contributed by atoms with E-state index in [-0.39, 0.29) is 28.7 Å². The Hall–Kier alpha value is -2.56. The molecular formula is C24H32N2O3. The van der Waals surface area contributed by atoms with Crippen molar-refractivity contribution in [3.05, 3.63) is 51.9 Å². The van der Waals surface area contributed by atoms with E-state index in [0.29, 0.717) is 24.4 Å². The van der Waals surface area contributed by atoms with Gasteiger partial charge < -0.3 is 15.0 Å². The number of ether oxygens (including phenoxy) is 1. The Kier molecular flexibility index (Phi) is 5.87. The Bertz CT molecular complexity index is 953. The third-order valence-electron chi connectivity index (χ3n) is 6.00. The predicted octanol–water partition coefficient (Wildman–Crippen LogP) is 3.91. The minimum Gasteiger partial charge on any atom is -0.496 e. The highest BCUT2D eigenvalue weighted by Crippen LogP contribution is 2.39. The van der Waals surface area contributed by atoms with Crippen molar-refractivity contribution in [1.29, 1.82) is 0 Å². The normalized spacial score (nSPS) is 19.5. The maximum absolute atomic E-state index is 12.6. The summed E-state index contributed by atoms with van der Waals surface area (Å²) in [4.78, 5) is 27.9. The van der Waals surface area contributed by atoms with Gasteiger partial charge in [-0.05, 0) is 59.1 Å². The fourth-order valence-corrected chi connectivity index (χ4v) is 4.30. The minimum absolute atomic E-state index is 0.0930. The zero-order chi connectivity index (χ0) is 21.3. The van der Waals surface area contributed by atoms with Crippen molar-refractivity contribution in [3.63, 3.8) is 0 Å². The molecule has 2 aromatic rings. The molecule has 1 aromatic carbocycles. The van der Waals surface area contributed by atoms with Gasteiger partial charge in [0.25, 0.3) is 5.56 Å². The Morgan fingerprint density at radius 3 is 2.48 bits per heavy atom. The monoisotopic (exact) mass is 396 g/mol. The summed E-state index contributed by atoms with van der Waals surface area (Å²) < 4.78 is 5.71. The van der Waals surface area contributed by atoms with E-state index >= 15 is 0 Å². The SMILES string of the molecule is COc1cc(C[C@H]2C(=O)NCC2C(C)C)c(-c2ccc[nH]c2=O)cc1C(C)(C)C. The van der Waals surface area contributed by atoms with Gasteiger partial charge in [0.15, 0.2) is 0 Å². The van der Waals surface area contributed by atoms with Gasteiger partial charge >= 0.3 is 0 Å². The fraction of sp³-hybridized carbons (Fsp3) is 0.500. The van der Waals surface area contributed by atoms with Crippen molar-refractivity contribution in [2.45, 2.75) is 46.5 Å². The van der Waals surface area contributed by atoms with Crippen LogP contribution in [0.1, 0.15) is 45.7 Å². The van der Waals surface area contributed by atoms with Gasteiger partial charge in [-0.15, -0.1) is 0 Å². The van der Waals surface area contributed by atoms with E-state index in [4.69, 9.17) is 4.74 Å². The number of hydrogen-bond acceptors (Lipinski definition) is 3. The van der Waals surface area contributed by atoms with E-state index < -0.39 is 0 Å². The summed E-state index contributed by atoms with van der Waals surface area (Å²) in [6.45, 7) is 11.4. The molecule has 0 saturated carbocycles. The fourth-order valence-electron chi connectivity index (χ4n) is 4.30. The first-order valence-corrected chi connectivity index (χ1v) is 10.3. The number of nitrogens with one attached hydrogen (secondary N) is 2. The van der Waals surface area contributed by atoms with Gasteiger partial charge in [-0.25, -0.2) is 0 Å². The largest absolute Gasteiger partial charge is 0.496 e. The van der Waals surface area contributed by atoms with Crippen molar-refractivity contribution in [3.8, 4) is 16.9 Å². The molecule has 1 aliphatic heterocycles. The van der Waals surface area contributed by atoms with Crippen molar-refractivity contribution in [2.24, 2.45) is 17.8 Å². The molecular weight excluding hydrogens is 364 g/mol. The molecule has 0 aliphatic carbocycles. The van der Waals surface area contributed by atoms with E-state index in [9.17, 15) is 9.59 Å². The van der Waals surface area contributed by atoms with Crippen molar-refractivity contribution < 1.29 is 9.53 Å². The first-order chi connectivity index (χ1) is 13.6. The molecule has 5 nitrogen and oxygen atoms in total. The van der Waals surface area contributed by atoms with Gasteiger partial charge in [0.05, 0.1) is 7.11 Å². The number of amides is 1. The molecule has 1 saturated heterocycles. The van der Waals surface area contributed by atoms with Gasteiger partial charge in [-0.3, -0.25) is 9.59 Å². The number of pyridine rings is 1. The molecule has 3 rings (SSSR count). The quantitative estimate of drug-likeness (QED) is 0.805. The van der Waals surface area contributed by atoms with Crippen LogP contribution in [0, 0.1) is 17.8 Å². The molecule has 2 heterocycles. The van der Waals surface area contributed by atoms with Crippen LogP contribution in [0.4, 0.5) is 0 Å². The van der Waals surface area contributed by atoms with Crippen LogP contribution in [0.3, 0.4) is 0 Å². The molecule has 0 bridgehead atoms. The number of rotatable bonds is 5. The Morgan fingerprint density at radius 2 is 1.90 bits per heavy atom. The topological polar surface area (TPSA) is 71.2 Å². The van der Waals surface area contributed by atoms with E-state index in [1.54, 1.807) is 13.3 Å². The first-order valence-electron chi connectivity index (χ1n) is 10.3. The van der Waals surface area contributed by atoms with E-state index in [2.05, 4.69) is 51.0 Å². The second kappa shape index (κ2) is 8.05. The molecule has 156 valence electrons. The molecule has 1 unspecified atom stereocenters. The molecule has 2 N–H and O–H groups in total. The summed E-state index contributed by atoms with van der Waals surface area (Å²) in [5, 5.41) is 3.02. The molecule has 29 heavy (non-hydrogen) atoms. The van der Waals surface area contributed by atoms with Crippen LogP contribution >= 0.6 is 0 Å². The van der Waals surface area contributed by atoms with Gasteiger partial charge in [0.2, 0.25) is 5.91 Å². The summed E-state index contributed by atoms with van der Waals surface area (Å²) >= 11 is 0. The van der Waals surface area contributed by atoms with E-state index in [1.165, 1.54) is 0 Å². The average molecular weight is 397 g/mol. The summed E-state index contributed by atoms with van der Waals surface area (Å²) in [5.74, 6) is 1.45. The number of benzene rings is 1. The van der Waals surface area contributed by atoms with Crippen molar-refractivity contribution >= 4 is 5.91 Å². The number of aromatic nitrogens is 1. The maximum Gasteiger partial charge on any atom is 0.255 e. The van der Waals surface area contributed by atoms with Gasteiger partial charge in [-0.2, -0.15) is 0 Å². The Balaban J connectivity index is 2.18. The number of hydrogen-bond donors (Lipinski definition) is 2. The molecule has 1 amide bonds. The van der Waals surface area contributed by atoms with Crippen LogP contribution in [0.2, 0.25) is 0 Å².